The number of amides is 1. The van der Waals surface area contributed by atoms with E-state index in [2.05, 4.69) is 35.9 Å². The fourth-order valence-corrected chi connectivity index (χ4v) is 5.25. The number of rotatable bonds is 6. The summed E-state index contributed by atoms with van der Waals surface area (Å²) in [6.07, 6.45) is 9.88. The van der Waals surface area contributed by atoms with E-state index in [0.29, 0.717) is 31.6 Å². The molecular formula is C23H24N6OS. The highest BCUT2D eigenvalue weighted by Crippen LogP contribution is 2.34. The number of piperazine rings is 1. The number of pyridine rings is 1. The maximum Gasteiger partial charge on any atom is 0.223 e. The highest BCUT2D eigenvalue weighted by atomic mass is 32.1. The maximum absolute atomic E-state index is 12.8. The summed E-state index contributed by atoms with van der Waals surface area (Å²) in [4.78, 5) is 21.8. The molecule has 8 heteroatoms. The van der Waals surface area contributed by atoms with Gasteiger partial charge in [0, 0.05) is 56.4 Å². The summed E-state index contributed by atoms with van der Waals surface area (Å²) in [5.74, 6) is 3.79. The van der Waals surface area contributed by atoms with E-state index in [-0.39, 0.29) is 5.91 Å². The first-order valence-corrected chi connectivity index (χ1v) is 11.4. The zero-order valence-corrected chi connectivity index (χ0v) is 18.0. The van der Waals surface area contributed by atoms with Gasteiger partial charge >= 0.3 is 0 Å². The van der Waals surface area contributed by atoms with Crippen LogP contribution in [0.5, 0.6) is 0 Å². The number of terminal acetylenes is 1. The van der Waals surface area contributed by atoms with E-state index in [0.717, 1.165) is 53.9 Å². The Balaban J connectivity index is 1.14. The maximum atomic E-state index is 12.8. The number of benzene rings is 1. The van der Waals surface area contributed by atoms with Crippen LogP contribution in [0.2, 0.25) is 0 Å². The summed E-state index contributed by atoms with van der Waals surface area (Å²) < 4.78 is 8.65. The van der Waals surface area contributed by atoms with Gasteiger partial charge in [-0.2, -0.15) is 8.75 Å². The van der Waals surface area contributed by atoms with E-state index in [1.54, 1.807) is 6.20 Å². The first-order chi connectivity index (χ1) is 15.2. The number of anilines is 1. The minimum absolute atomic E-state index is 0.216. The molecule has 5 rings (SSSR count). The summed E-state index contributed by atoms with van der Waals surface area (Å²) in [7, 11) is 0. The normalized spacial score (nSPS) is 20.2. The Morgan fingerprint density at radius 2 is 2.03 bits per heavy atom. The predicted octanol–water partition coefficient (Wildman–Crippen LogP) is 2.43. The van der Waals surface area contributed by atoms with Gasteiger partial charge in [0.15, 0.2) is 0 Å². The van der Waals surface area contributed by atoms with Crippen LogP contribution < -0.4 is 10.2 Å². The lowest BCUT2D eigenvalue weighted by Crippen LogP contribution is -2.56. The van der Waals surface area contributed by atoms with Crippen molar-refractivity contribution in [2.75, 3.05) is 24.5 Å². The quantitative estimate of drug-likeness (QED) is 0.476. The standard InChI is InChI=1S/C23H24N6OS/c1-2-16-6-9-21(25-12-16)29-18-7-8-19(29)15-28(14-18)22(30)10-11-24-13-17-4-3-5-20-23(17)27-31-26-20/h1,3-6,9,12,18-19,24H,7-8,10-11,13-15H2. The second-order valence-corrected chi connectivity index (χ2v) is 8.64. The smallest absolute Gasteiger partial charge is 0.223 e. The molecule has 31 heavy (non-hydrogen) atoms. The van der Waals surface area contributed by atoms with Gasteiger partial charge in [-0.25, -0.2) is 4.98 Å². The van der Waals surface area contributed by atoms with Crippen LogP contribution in [0.1, 0.15) is 30.4 Å². The van der Waals surface area contributed by atoms with Crippen LogP contribution in [0.25, 0.3) is 11.0 Å². The average Bonchev–Trinajstić information content (AvgIpc) is 3.39. The molecule has 2 saturated heterocycles. The minimum Gasteiger partial charge on any atom is -0.347 e. The molecule has 7 nitrogen and oxygen atoms in total. The summed E-state index contributed by atoms with van der Waals surface area (Å²) in [6, 6.07) is 10.6. The molecule has 2 atom stereocenters. The lowest BCUT2D eigenvalue weighted by molar-refractivity contribution is -0.132. The van der Waals surface area contributed by atoms with Crippen molar-refractivity contribution in [1.29, 1.82) is 0 Å². The van der Waals surface area contributed by atoms with Crippen molar-refractivity contribution >= 4 is 34.5 Å². The molecule has 2 unspecified atom stereocenters. The van der Waals surface area contributed by atoms with Gasteiger partial charge in [0.2, 0.25) is 5.91 Å². The second-order valence-electron chi connectivity index (χ2n) is 8.12. The summed E-state index contributed by atoms with van der Waals surface area (Å²) in [5.41, 5.74) is 3.79. The zero-order chi connectivity index (χ0) is 21.2. The van der Waals surface area contributed by atoms with E-state index in [1.165, 1.54) is 11.7 Å². The molecular weight excluding hydrogens is 408 g/mol. The van der Waals surface area contributed by atoms with Crippen molar-refractivity contribution in [2.45, 2.75) is 37.9 Å². The summed E-state index contributed by atoms with van der Waals surface area (Å²) >= 11 is 1.23. The van der Waals surface area contributed by atoms with Gasteiger partial charge in [-0.3, -0.25) is 4.79 Å². The number of nitrogens with one attached hydrogen (secondary N) is 1. The number of nitrogens with zero attached hydrogens (tertiary/aromatic N) is 5. The minimum atomic E-state index is 0.216. The largest absolute Gasteiger partial charge is 0.347 e. The molecule has 0 spiro atoms. The number of hydrogen-bond acceptors (Lipinski definition) is 7. The van der Waals surface area contributed by atoms with Gasteiger partial charge in [-0.1, -0.05) is 18.1 Å². The third kappa shape index (κ3) is 3.99. The lowest BCUT2D eigenvalue weighted by Gasteiger charge is -2.41. The Kier molecular flexibility index (Phi) is 5.53. The van der Waals surface area contributed by atoms with Crippen molar-refractivity contribution in [3.8, 4) is 12.3 Å². The molecule has 1 aromatic carbocycles. The number of aromatic nitrogens is 3. The van der Waals surface area contributed by atoms with Gasteiger partial charge < -0.3 is 15.1 Å². The van der Waals surface area contributed by atoms with Crippen LogP contribution in [0.3, 0.4) is 0 Å². The molecule has 158 valence electrons. The first kappa shape index (κ1) is 19.9. The highest BCUT2D eigenvalue weighted by molar-refractivity contribution is 7.00. The first-order valence-electron chi connectivity index (χ1n) is 10.6. The van der Waals surface area contributed by atoms with Crippen molar-refractivity contribution < 1.29 is 4.79 Å². The third-order valence-electron chi connectivity index (χ3n) is 6.21. The van der Waals surface area contributed by atoms with Crippen LogP contribution in [0.15, 0.2) is 36.5 Å². The van der Waals surface area contributed by atoms with Crippen LogP contribution >= 0.6 is 11.7 Å². The molecule has 1 N–H and O–H groups in total. The molecule has 3 aromatic rings. The zero-order valence-electron chi connectivity index (χ0n) is 17.2. The molecule has 0 saturated carbocycles. The Bertz CT molecular complexity index is 1110. The Morgan fingerprint density at radius 1 is 1.19 bits per heavy atom. The predicted molar refractivity (Wildman–Crippen MR) is 122 cm³/mol. The summed E-state index contributed by atoms with van der Waals surface area (Å²) in [6.45, 7) is 2.86. The van der Waals surface area contributed by atoms with E-state index in [4.69, 9.17) is 6.42 Å². The van der Waals surface area contributed by atoms with Crippen molar-refractivity contribution in [3.05, 3.63) is 47.7 Å². The van der Waals surface area contributed by atoms with E-state index in [9.17, 15) is 4.79 Å². The molecule has 0 aliphatic carbocycles. The molecule has 2 aliphatic heterocycles. The molecule has 1 amide bonds. The van der Waals surface area contributed by atoms with Crippen LogP contribution in [0.4, 0.5) is 5.82 Å². The number of hydrogen-bond donors (Lipinski definition) is 1. The van der Waals surface area contributed by atoms with Crippen molar-refractivity contribution in [1.82, 2.24) is 23.9 Å². The molecule has 2 aromatic heterocycles. The molecule has 2 bridgehead atoms. The SMILES string of the molecule is C#Cc1ccc(N2C3CCC2CN(C(=O)CCNCc2cccc4nsnc24)C3)nc1. The number of carbonyl (C=O) groups is 1. The molecule has 2 aliphatic rings. The van der Waals surface area contributed by atoms with E-state index in [1.807, 2.05) is 29.2 Å². The van der Waals surface area contributed by atoms with Crippen molar-refractivity contribution in [3.63, 3.8) is 0 Å². The van der Waals surface area contributed by atoms with Gasteiger partial charge in [0.25, 0.3) is 0 Å². The molecule has 0 radical (unpaired) electrons. The number of carbonyl (C=O) groups excluding carboxylic acids is 1. The van der Waals surface area contributed by atoms with Gasteiger partial charge in [-0.05, 0) is 36.6 Å². The topological polar surface area (TPSA) is 74.2 Å². The molecule has 4 heterocycles. The van der Waals surface area contributed by atoms with Crippen LogP contribution in [-0.2, 0) is 11.3 Å². The Hall–Kier alpha value is -3.02. The monoisotopic (exact) mass is 432 g/mol. The van der Waals surface area contributed by atoms with Gasteiger partial charge in [0.05, 0.1) is 11.7 Å². The average molecular weight is 433 g/mol. The fourth-order valence-electron chi connectivity index (χ4n) is 4.69. The van der Waals surface area contributed by atoms with Gasteiger partial charge in [-0.15, -0.1) is 6.42 Å². The van der Waals surface area contributed by atoms with Crippen molar-refractivity contribution in [2.24, 2.45) is 0 Å². The lowest BCUT2D eigenvalue weighted by atomic mass is 10.1. The van der Waals surface area contributed by atoms with E-state index < -0.39 is 0 Å². The van der Waals surface area contributed by atoms with Crippen LogP contribution in [-0.4, -0.2) is 56.3 Å². The summed E-state index contributed by atoms with van der Waals surface area (Å²) in [5, 5.41) is 3.39. The van der Waals surface area contributed by atoms with Gasteiger partial charge in [0.1, 0.15) is 16.9 Å². The molecule has 2 fully saturated rings. The fraction of sp³-hybridized carbons (Fsp3) is 0.391. The second kappa shape index (κ2) is 8.61. The number of fused-ring (bicyclic) bond motifs is 3. The van der Waals surface area contributed by atoms with Crippen LogP contribution in [0, 0.1) is 12.3 Å². The highest BCUT2D eigenvalue weighted by Gasteiger charge is 2.41. The van der Waals surface area contributed by atoms with E-state index >= 15 is 0 Å². The Labute approximate surface area is 185 Å². The third-order valence-corrected chi connectivity index (χ3v) is 6.76. The number of likely N-dealkylation sites (tertiary alicyclic amines) is 1. The Morgan fingerprint density at radius 3 is 2.77 bits per heavy atom.